The quantitative estimate of drug-likeness (QED) is 0.454. The molecule has 0 radical (unpaired) electrons. The van der Waals surface area contributed by atoms with Gasteiger partial charge in [-0.2, -0.15) is 0 Å². The minimum atomic E-state index is 0.0771. The van der Waals surface area contributed by atoms with Crippen molar-refractivity contribution in [2.75, 3.05) is 7.05 Å². The van der Waals surface area contributed by atoms with Crippen LogP contribution in [-0.4, -0.2) is 12.9 Å². The fraction of sp³-hybridized carbons (Fsp3) is 0.667. The average Bonchev–Trinajstić information content (AvgIpc) is 1.79. The van der Waals surface area contributed by atoms with Crippen LogP contribution >= 0.6 is 0 Å². The van der Waals surface area contributed by atoms with Gasteiger partial charge < -0.3 is 5.32 Å². The van der Waals surface area contributed by atoms with Crippen LogP contribution in [0.1, 0.15) is 27.7 Å². The van der Waals surface area contributed by atoms with Crippen molar-refractivity contribution in [2.45, 2.75) is 27.7 Å². The number of rotatable bonds is 1. The van der Waals surface area contributed by atoms with E-state index in [-0.39, 0.29) is 5.41 Å². The topological polar surface area (TPSA) is 24.4 Å². The lowest BCUT2D eigenvalue weighted by atomic mass is 9.95. The second-order valence-corrected chi connectivity index (χ2v) is 3.73. The number of hydrogen-bond acceptors (Lipinski definition) is 1. The second kappa shape index (κ2) is 3.56. The van der Waals surface area contributed by atoms with E-state index < -0.39 is 0 Å². The molecule has 2 heteroatoms. The average molecular weight is 154 g/mol. The summed E-state index contributed by atoms with van der Waals surface area (Å²) in [5, 5.41) is 3.12. The lowest BCUT2D eigenvalue weighted by Gasteiger charge is -2.22. The number of amidine groups is 1. The Morgan fingerprint density at radius 3 is 1.91 bits per heavy atom. The summed E-state index contributed by atoms with van der Waals surface area (Å²) in [5.41, 5.74) is 1.01. The van der Waals surface area contributed by atoms with Crippen LogP contribution in [0.5, 0.6) is 0 Å². The fourth-order valence-electron chi connectivity index (χ4n) is 0.781. The summed E-state index contributed by atoms with van der Waals surface area (Å²) in [5.74, 6) is 0.977. The SMILES string of the molecule is C=C(C)NC(=NC)C(C)(C)C. The molecule has 0 aromatic heterocycles. The first-order valence-corrected chi connectivity index (χ1v) is 3.77. The molecule has 0 unspecified atom stereocenters. The van der Waals surface area contributed by atoms with E-state index in [4.69, 9.17) is 0 Å². The van der Waals surface area contributed by atoms with Gasteiger partial charge in [0.1, 0.15) is 5.84 Å². The molecule has 64 valence electrons. The molecule has 0 amide bonds. The highest BCUT2D eigenvalue weighted by molar-refractivity contribution is 5.88. The van der Waals surface area contributed by atoms with E-state index >= 15 is 0 Å². The minimum absolute atomic E-state index is 0.0771. The van der Waals surface area contributed by atoms with Gasteiger partial charge in [0, 0.05) is 18.2 Å². The van der Waals surface area contributed by atoms with E-state index in [2.05, 4.69) is 37.7 Å². The predicted molar refractivity (Wildman–Crippen MR) is 50.8 cm³/mol. The van der Waals surface area contributed by atoms with Crippen molar-refractivity contribution >= 4 is 5.84 Å². The maximum atomic E-state index is 4.14. The van der Waals surface area contributed by atoms with Crippen LogP contribution in [0.4, 0.5) is 0 Å². The van der Waals surface area contributed by atoms with Crippen LogP contribution in [0, 0.1) is 5.41 Å². The molecule has 0 aliphatic heterocycles. The zero-order chi connectivity index (χ0) is 9.07. The zero-order valence-electron chi connectivity index (χ0n) is 8.15. The van der Waals surface area contributed by atoms with Crippen molar-refractivity contribution in [3.8, 4) is 0 Å². The van der Waals surface area contributed by atoms with Crippen LogP contribution in [0.25, 0.3) is 0 Å². The van der Waals surface area contributed by atoms with Gasteiger partial charge in [0.25, 0.3) is 0 Å². The molecule has 0 saturated carbocycles. The van der Waals surface area contributed by atoms with Crippen molar-refractivity contribution in [3.05, 3.63) is 12.3 Å². The lowest BCUT2D eigenvalue weighted by Crippen LogP contribution is -2.33. The van der Waals surface area contributed by atoms with Crippen molar-refractivity contribution in [2.24, 2.45) is 10.4 Å². The molecule has 11 heavy (non-hydrogen) atoms. The molecular formula is C9H18N2. The van der Waals surface area contributed by atoms with Gasteiger partial charge in [0.15, 0.2) is 0 Å². The van der Waals surface area contributed by atoms with Crippen molar-refractivity contribution in [1.82, 2.24) is 5.32 Å². The first kappa shape index (κ1) is 10.2. The van der Waals surface area contributed by atoms with Crippen LogP contribution in [0.2, 0.25) is 0 Å². The molecule has 0 bridgehead atoms. The largest absolute Gasteiger partial charge is 0.348 e. The van der Waals surface area contributed by atoms with Gasteiger partial charge in [0.2, 0.25) is 0 Å². The maximum Gasteiger partial charge on any atom is 0.105 e. The number of nitrogens with one attached hydrogen (secondary N) is 1. The Morgan fingerprint density at radius 1 is 1.36 bits per heavy atom. The minimum Gasteiger partial charge on any atom is -0.348 e. The van der Waals surface area contributed by atoms with Gasteiger partial charge in [-0.05, 0) is 6.92 Å². The second-order valence-electron chi connectivity index (χ2n) is 3.73. The highest BCUT2D eigenvalue weighted by atomic mass is 15.0. The van der Waals surface area contributed by atoms with Gasteiger partial charge in [-0.3, -0.25) is 4.99 Å². The van der Waals surface area contributed by atoms with Crippen molar-refractivity contribution in [1.29, 1.82) is 0 Å². The summed E-state index contributed by atoms with van der Waals surface area (Å²) in [4.78, 5) is 4.14. The molecule has 2 nitrogen and oxygen atoms in total. The Labute approximate surface area is 69.4 Å². The Hall–Kier alpha value is -0.790. The Balaban J connectivity index is 4.33. The summed E-state index contributed by atoms with van der Waals surface area (Å²) in [6.45, 7) is 12.0. The third-order valence-electron chi connectivity index (χ3n) is 1.27. The first-order valence-electron chi connectivity index (χ1n) is 3.77. The normalized spacial score (nSPS) is 13.0. The van der Waals surface area contributed by atoms with Gasteiger partial charge in [-0.1, -0.05) is 27.4 Å². The molecule has 0 aromatic rings. The van der Waals surface area contributed by atoms with Crippen LogP contribution < -0.4 is 5.32 Å². The van der Waals surface area contributed by atoms with Gasteiger partial charge in [-0.15, -0.1) is 0 Å². The number of aliphatic imine (C=N–C) groups is 1. The van der Waals surface area contributed by atoms with E-state index in [1.807, 2.05) is 6.92 Å². The Bertz CT molecular complexity index is 172. The highest BCUT2D eigenvalue weighted by Crippen LogP contribution is 2.14. The van der Waals surface area contributed by atoms with E-state index in [9.17, 15) is 0 Å². The van der Waals surface area contributed by atoms with E-state index in [0.29, 0.717) is 0 Å². The van der Waals surface area contributed by atoms with Crippen LogP contribution in [0.15, 0.2) is 17.3 Å². The van der Waals surface area contributed by atoms with Crippen molar-refractivity contribution < 1.29 is 0 Å². The highest BCUT2D eigenvalue weighted by Gasteiger charge is 2.17. The fourth-order valence-corrected chi connectivity index (χ4v) is 0.781. The number of allylic oxidation sites excluding steroid dienone is 1. The van der Waals surface area contributed by atoms with Crippen molar-refractivity contribution in [3.63, 3.8) is 0 Å². The molecule has 1 N–H and O–H groups in total. The summed E-state index contributed by atoms with van der Waals surface area (Å²) in [7, 11) is 1.79. The molecule has 0 rings (SSSR count). The standard InChI is InChI=1S/C9H18N2/c1-7(2)11-8(10-6)9(3,4)5/h1H2,2-6H3,(H,10,11). The Morgan fingerprint density at radius 2 is 1.82 bits per heavy atom. The van der Waals surface area contributed by atoms with Crippen LogP contribution in [0.3, 0.4) is 0 Å². The van der Waals surface area contributed by atoms with E-state index in [1.165, 1.54) is 0 Å². The molecule has 0 aliphatic carbocycles. The third kappa shape index (κ3) is 3.81. The molecule has 0 aromatic carbocycles. The molecule has 0 spiro atoms. The van der Waals surface area contributed by atoms with E-state index in [1.54, 1.807) is 7.05 Å². The summed E-state index contributed by atoms with van der Waals surface area (Å²) in [6.07, 6.45) is 0. The summed E-state index contributed by atoms with van der Waals surface area (Å²) >= 11 is 0. The molecule has 0 heterocycles. The molecular weight excluding hydrogens is 136 g/mol. The summed E-state index contributed by atoms with van der Waals surface area (Å²) < 4.78 is 0. The number of nitrogens with zero attached hydrogens (tertiary/aromatic N) is 1. The van der Waals surface area contributed by atoms with Gasteiger partial charge in [0.05, 0.1) is 0 Å². The van der Waals surface area contributed by atoms with Gasteiger partial charge >= 0.3 is 0 Å². The smallest absolute Gasteiger partial charge is 0.105 e. The van der Waals surface area contributed by atoms with Crippen LogP contribution in [-0.2, 0) is 0 Å². The maximum absolute atomic E-state index is 4.14. The Kier molecular flexibility index (Phi) is 3.30. The lowest BCUT2D eigenvalue weighted by molar-refractivity contribution is 0.571. The molecule has 0 atom stereocenters. The molecule has 0 saturated heterocycles. The predicted octanol–water partition coefficient (Wildman–Crippen LogP) is 2.18. The zero-order valence-corrected chi connectivity index (χ0v) is 8.15. The third-order valence-corrected chi connectivity index (χ3v) is 1.27. The molecule has 0 aliphatic rings. The monoisotopic (exact) mass is 154 g/mol. The van der Waals surface area contributed by atoms with E-state index in [0.717, 1.165) is 11.5 Å². The molecule has 0 fully saturated rings. The van der Waals surface area contributed by atoms with Gasteiger partial charge in [-0.25, -0.2) is 0 Å². The first-order chi connectivity index (χ1) is 4.88. The summed E-state index contributed by atoms with van der Waals surface area (Å²) in [6, 6.07) is 0. The number of hydrogen-bond donors (Lipinski definition) is 1.